The Morgan fingerprint density at radius 3 is 2.85 bits per heavy atom. The lowest BCUT2D eigenvalue weighted by atomic mass is 10.1. The lowest BCUT2D eigenvalue weighted by molar-refractivity contribution is 0.0743. The van der Waals surface area contributed by atoms with Crippen LogP contribution in [0.3, 0.4) is 0 Å². The molecule has 0 unspecified atom stereocenters. The van der Waals surface area contributed by atoms with Crippen molar-refractivity contribution < 1.29 is 9.53 Å². The zero-order valence-electron chi connectivity index (χ0n) is 10.9. The Morgan fingerprint density at radius 1 is 1.15 bits per heavy atom. The summed E-state index contributed by atoms with van der Waals surface area (Å²) in [6.07, 6.45) is 0. The van der Waals surface area contributed by atoms with E-state index >= 15 is 0 Å². The third kappa shape index (κ3) is 2.70. The molecule has 0 aromatic heterocycles. The molecule has 1 heterocycles. The minimum Gasteiger partial charge on any atom is -0.491 e. The van der Waals surface area contributed by atoms with E-state index in [0.717, 1.165) is 10.0 Å². The van der Waals surface area contributed by atoms with Gasteiger partial charge >= 0.3 is 0 Å². The van der Waals surface area contributed by atoms with Gasteiger partial charge in [-0.25, -0.2) is 0 Å². The van der Waals surface area contributed by atoms with Crippen LogP contribution < -0.4 is 4.74 Å². The van der Waals surface area contributed by atoms with Crippen molar-refractivity contribution in [3.63, 3.8) is 0 Å². The quantitative estimate of drug-likeness (QED) is 0.843. The first-order chi connectivity index (χ1) is 9.74. The van der Waals surface area contributed by atoms with E-state index in [2.05, 4.69) is 15.9 Å². The Labute approximate surface area is 126 Å². The number of hydrogen-bond acceptors (Lipinski definition) is 2. The predicted molar refractivity (Wildman–Crippen MR) is 80.8 cm³/mol. The van der Waals surface area contributed by atoms with Gasteiger partial charge in [-0.15, -0.1) is 0 Å². The highest BCUT2D eigenvalue weighted by Gasteiger charge is 2.22. The van der Waals surface area contributed by atoms with Crippen molar-refractivity contribution >= 4 is 21.8 Å². The molecule has 102 valence electrons. The number of fused-ring (bicyclic) bond motifs is 1. The van der Waals surface area contributed by atoms with Gasteiger partial charge in [0, 0.05) is 11.0 Å². The Morgan fingerprint density at radius 2 is 2.00 bits per heavy atom. The average Bonchev–Trinajstić information content (AvgIpc) is 2.60. The van der Waals surface area contributed by atoms with Crippen molar-refractivity contribution in [3.8, 4) is 5.75 Å². The van der Waals surface area contributed by atoms with Gasteiger partial charge in [-0.05, 0) is 29.8 Å². The molecule has 0 spiro atoms. The van der Waals surface area contributed by atoms with Gasteiger partial charge in [-0.2, -0.15) is 0 Å². The van der Waals surface area contributed by atoms with E-state index < -0.39 is 0 Å². The van der Waals surface area contributed by atoms with Gasteiger partial charge in [0.05, 0.1) is 12.1 Å². The molecule has 20 heavy (non-hydrogen) atoms. The first kappa shape index (κ1) is 13.2. The molecule has 0 saturated carbocycles. The minimum absolute atomic E-state index is 0.0260. The molecule has 1 aliphatic heterocycles. The van der Waals surface area contributed by atoms with Crippen molar-refractivity contribution in [3.05, 3.63) is 64.1 Å². The second-order valence-electron chi connectivity index (χ2n) is 4.70. The first-order valence-electron chi connectivity index (χ1n) is 6.49. The van der Waals surface area contributed by atoms with Crippen molar-refractivity contribution in [2.45, 2.75) is 6.54 Å². The molecular weight excluding hydrogens is 318 g/mol. The molecule has 0 fully saturated rings. The molecule has 0 atom stereocenters. The van der Waals surface area contributed by atoms with Crippen LogP contribution in [0.1, 0.15) is 15.9 Å². The standard InChI is InChI=1S/C16H14BrNO2/c17-13-5-3-4-12(10-13)11-18-8-9-20-15-7-2-1-6-14(15)16(18)19/h1-7,10H,8-9,11H2. The Hall–Kier alpha value is -1.81. The van der Waals surface area contributed by atoms with Crippen molar-refractivity contribution in [2.24, 2.45) is 0 Å². The number of nitrogens with zero attached hydrogens (tertiary/aromatic N) is 1. The summed E-state index contributed by atoms with van der Waals surface area (Å²) in [5.74, 6) is 0.701. The van der Waals surface area contributed by atoms with Crippen LogP contribution in [0.5, 0.6) is 5.75 Å². The second-order valence-corrected chi connectivity index (χ2v) is 5.62. The smallest absolute Gasteiger partial charge is 0.258 e. The summed E-state index contributed by atoms with van der Waals surface area (Å²) in [7, 11) is 0. The summed E-state index contributed by atoms with van der Waals surface area (Å²) in [4.78, 5) is 14.4. The Balaban J connectivity index is 1.86. The number of carbonyl (C=O) groups is 1. The predicted octanol–water partition coefficient (Wildman–Crippen LogP) is 3.48. The highest BCUT2D eigenvalue weighted by molar-refractivity contribution is 9.10. The maximum Gasteiger partial charge on any atom is 0.258 e. The SMILES string of the molecule is O=C1c2ccccc2OCCN1Cc1cccc(Br)c1. The lowest BCUT2D eigenvalue weighted by Crippen LogP contribution is -2.31. The molecule has 0 saturated heterocycles. The van der Waals surface area contributed by atoms with Gasteiger partial charge in [0.1, 0.15) is 12.4 Å². The second kappa shape index (κ2) is 5.67. The Bertz CT molecular complexity index is 642. The molecular formula is C16H14BrNO2. The number of ether oxygens (including phenoxy) is 1. The molecule has 0 N–H and O–H groups in total. The molecule has 4 heteroatoms. The molecule has 1 amide bonds. The number of para-hydroxylation sites is 1. The molecule has 2 aromatic carbocycles. The van der Waals surface area contributed by atoms with Gasteiger partial charge in [0.2, 0.25) is 0 Å². The fourth-order valence-corrected chi connectivity index (χ4v) is 2.76. The minimum atomic E-state index is 0.0260. The normalized spacial score (nSPS) is 14.4. The summed E-state index contributed by atoms with van der Waals surface area (Å²) >= 11 is 3.46. The third-order valence-corrected chi connectivity index (χ3v) is 3.78. The number of amides is 1. The summed E-state index contributed by atoms with van der Waals surface area (Å²) in [6, 6.07) is 15.4. The van der Waals surface area contributed by atoms with Crippen LogP contribution in [0.15, 0.2) is 53.0 Å². The van der Waals surface area contributed by atoms with Crippen molar-refractivity contribution in [2.75, 3.05) is 13.2 Å². The van der Waals surface area contributed by atoms with Crippen LogP contribution in [0.4, 0.5) is 0 Å². The summed E-state index contributed by atoms with van der Waals surface area (Å²) in [5.41, 5.74) is 1.74. The Kier molecular flexibility index (Phi) is 3.74. The zero-order chi connectivity index (χ0) is 13.9. The number of halogens is 1. The zero-order valence-corrected chi connectivity index (χ0v) is 12.5. The highest BCUT2D eigenvalue weighted by Crippen LogP contribution is 2.23. The maximum atomic E-state index is 12.6. The molecule has 3 nitrogen and oxygen atoms in total. The molecule has 0 radical (unpaired) electrons. The summed E-state index contributed by atoms with van der Waals surface area (Å²) in [6.45, 7) is 1.72. The van der Waals surface area contributed by atoms with E-state index in [-0.39, 0.29) is 5.91 Å². The highest BCUT2D eigenvalue weighted by atomic mass is 79.9. The first-order valence-corrected chi connectivity index (χ1v) is 7.29. The van der Waals surface area contributed by atoms with Crippen molar-refractivity contribution in [1.82, 2.24) is 4.90 Å². The van der Waals surface area contributed by atoms with E-state index in [4.69, 9.17) is 4.74 Å². The van der Waals surface area contributed by atoms with E-state index in [1.165, 1.54) is 0 Å². The molecule has 2 aromatic rings. The maximum absolute atomic E-state index is 12.6. The van der Waals surface area contributed by atoms with Gasteiger partial charge in [-0.3, -0.25) is 4.79 Å². The van der Waals surface area contributed by atoms with Gasteiger partial charge in [0.15, 0.2) is 0 Å². The number of hydrogen-bond donors (Lipinski definition) is 0. The molecule has 1 aliphatic rings. The number of carbonyl (C=O) groups excluding carboxylic acids is 1. The van der Waals surface area contributed by atoms with Crippen LogP contribution in [-0.2, 0) is 6.54 Å². The molecule has 0 bridgehead atoms. The van der Waals surface area contributed by atoms with Crippen LogP contribution in [0.25, 0.3) is 0 Å². The van der Waals surface area contributed by atoms with E-state index in [1.807, 2.05) is 53.4 Å². The van der Waals surface area contributed by atoms with Crippen LogP contribution in [0, 0.1) is 0 Å². The third-order valence-electron chi connectivity index (χ3n) is 3.29. The molecule has 3 rings (SSSR count). The van der Waals surface area contributed by atoms with E-state index in [9.17, 15) is 4.79 Å². The molecule has 0 aliphatic carbocycles. The van der Waals surface area contributed by atoms with Crippen LogP contribution >= 0.6 is 15.9 Å². The average molecular weight is 332 g/mol. The number of rotatable bonds is 2. The fraction of sp³-hybridized carbons (Fsp3) is 0.188. The van der Waals surface area contributed by atoms with Gasteiger partial charge in [0.25, 0.3) is 5.91 Å². The fourth-order valence-electron chi connectivity index (χ4n) is 2.31. The monoisotopic (exact) mass is 331 g/mol. The van der Waals surface area contributed by atoms with Crippen molar-refractivity contribution in [1.29, 1.82) is 0 Å². The van der Waals surface area contributed by atoms with E-state index in [1.54, 1.807) is 0 Å². The largest absolute Gasteiger partial charge is 0.491 e. The topological polar surface area (TPSA) is 29.5 Å². The summed E-state index contributed by atoms with van der Waals surface area (Å²) < 4.78 is 6.66. The van der Waals surface area contributed by atoms with Gasteiger partial charge < -0.3 is 9.64 Å². The van der Waals surface area contributed by atoms with Crippen LogP contribution in [-0.4, -0.2) is 24.0 Å². The van der Waals surface area contributed by atoms with E-state index in [0.29, 0.717) is 31.0 Å². The summed E-state index contributed by atoms with van der Waals surface area (Å²) in [5, 5.41) is 0. The lowest BCUT2D eigenvalue weighted by Gasteiger charge is -2.20. The number of benzene rings is 2. The van der Waals surface area contributed by atoms with Gasteiger partial charge in [-0.1, -0.05) is 40.2 Å². The van der Waals surface area contributed by atoms with Crippen LogP contribution in [0.2, 0.25) is 0 Å².